The molecule has 0 amide bonds. The number of nitrogens with two attached hydrogens (primary N) is 1. The molecule has 0 bridgehead atoms. The van der Waals surface area contributed by atoms with Gasteiger partial charge in [-0.1, -0.05) is 13.8 Å². The maximum atomic E-state index is 11.3. The molecule has 0 saturated heterocycles. The third kappa shape index (κ3) is 2.60. The van der Waals surface area contributed by atoms with Crippen LogP contribution in [-0.4, -0.2) is 25.0 Å². The number of carbonyl (C=O) groups excluding carboxylic acids is 1. The molecule has 0 aromatic heterocycles. The lowest BCUT2D eigenvalue weighted by Gasteiger charge is -2.24. The van der Waals surface area contributed by atoms with Crippen molar-refractivity contribution in [2.24, 2.45) is 5.73 Å². The van der Waals surface area contributed by atoms with E-state index in [2.05, 4.69) is 0 Å². The zero-order valence-electron chi connectivity index (χ0n) is 7.52. The van der Waals surface area contributed by atoms with Crippen LogP contribution in [0.2, 0.25) is 0 Å². The molecule has 2 N–H and O–H groups in total. The molecule has 0 aliphatic carbocycles. The predicted octanol–water partition coefficient (Wildman–Crippen LogP) is 0.719. The topological polar surface area (TPSA) is 52.3 Å². The van der Waals surface area contributed by atoms with Gasteiger partial charge in [-0.05, 0) is 12.8 Å². The molecule has 0 atom stereocenters. The van der Waals surface area contributed by atoms with E-state index in [0.29, 0.717) is 12.8 Å². The summed E-state index contributed by atoms with van der Waals surface area (Å²) in [5.74, 6) is -0.00926. The van der Waals surface area contributed by atoms with E-state index in [1.54, 1.807) is 0 Å². The molecule has 0 radical (unpaired) electrons. The highest BCUT2D eigenvalue weighted by atomic mass is 16.5. The standard InChI is InChI=1S/C8H17NO2/c1-4-8(9,5-2)7(10)6-11-3/h4-6,9H2,1-3H3. The summed E-state index contributed by atoms with van der Waals surface area (Å²) in [4.78, 5) is 11.3. The Labute approximate surface area is 67.9 Å². The minimum Gasteiger partial charge on any atom is -0.377 e. The van der Waals surface area contributed by atoms with Gasteiger partial charge >= 0.3 is 0 Å². The first-order chi connectivity index (χ1) is 5.10. The number of methoxy groups -OCH3 is 1. The third-order valence-electron chi connectivity index (χ3n) is 2.09. The SMILES string of the molecule is CCC(N)(CC)C(=O)COC. The summed E-state index contributed by atoms with van der Waals surface area (Å²) in [5.41, 5.74) is 5.13. The fourth-order valence-electron chi connectivity index (χ4n) is 0.919. The largest absolute Gasteiger partial charge is 0.377 e. The molecule has 0 saturated carbocycles. The smallest absolute Gasteiger partial charge is 0.178 e. The van der Waals surface area contributed by atoms with E-state index >= 15 is 0 Å². The second kappa shape index (κ2) is 4.46. The van der Waals surface area contributed by atoms with Crippen LogP contribution in [0, 0.1) is 0 Å². The van der Waals surface area contributed by atoms with Crippen molar-refractivity contribution in [3.05, 3.63) is 0 Å². The van der Waals surface area contributed by atoms with Gasteiger partial charge in [0, 0.05) is 7.11 Å². The average molecular weight is 159 g/mol. The van der Waals surface area contributed by atoms with Gasteiger partial charge in [-0.2, -0.15) is 0 Å². The Hall–Kier alpha value is -0.410. The van der Waals surface area contributed by atoms with Gasteiger partial charge in [-0.3, -0.25) is 4.79 Å². The Morgan fingerprint density at radius 3 is 2.18 bits per heavy atom. The van der Waals surface area contributed by atoms with Crippen LogP contribution in [0.25, 0.3) is 0 Å². The molecule has 0 unspecified atom stereocenters. The fourth-order valence-corrected chi connectivity index (χ4v) is 0.919. The molecule has 3 nitrogen and oxygen atoms in total. The molecular weight excluding hydrogens is 142 g/mol. The van der Waals surface area contributed by atoms with Crippen molar-refractivity contribution in [2.75, 3.05) is 13.7 Å². The van der Waals surface area contributed by atoms with Crippen LogP contribution in [0.15, 0.2) is 0 Å². The van der Waals surface area contributed by atoms with Crippen LogP contribution < -0.4 is 5.73 Å². The van der Waals surface area contributed by atoms with Gasteiger partial charge in [0.15, 0.2) is 5.78 Å². The lowest BCUT2D eigenvalue weighted by molar-refractivity contribution is -0.128. The van der Waals surface area contributed by atoms with Crippen molar-refractivity contribution in [3.8, 4) is 0 Å². The summed E-state index contributed by atoms with van der Waals surface area (Å²) in [6.45, 7) is 3.95. The Bertz CT molecular complexity index is 130. The molecule has 0 heterocycles. The summed E-state index contributed by atoms with van der Waals surface area (Å²) >= 11 is 0. The number of Topliss-reactive ketones (excluding diaryl/α,β-unsaturated/α-hetero) is 1. The highest BCUT2D eigenvalue weighted by Gasteiger charge is 2.28. The first kappa shape index (κ1) is 10.6. The average Bonchev–Trinajstić information content (AvgIpc) is 2.03. The van der Waals surface area contributed by atoms with Crippen molar-refractivity contribution < 1.29 is 9.53 Å². The van der Waals surface area contributed by atoms with E-state index < -0.39 is 5.54 Å². The second-order valence-electron chi connectivity index (χ2n) is 2.72. The number of hydrogen-bond acceptors (Lipinski definition) is 3. The minimum absolute atomic E-state index is 0.00926. The molecule has 11 heavy (non-hydrogen) atoms. The zero-order chi connectivity index (χ0) is 8.91. The Morgan fingerprint density at radius 2 is 1.91 bits per heavy atom. The quantitative estimate of drug-likeness (QED) is 0.643. The monoisotopic (exact) mass is 159 g/mol. The van der Waals surface area contributed by atoms with Gasteiger partial charge in [-0.25, -0.2) is 0 Å². The molecule has 0 aromatic carbocycles. The lowest BCUT2D eigenvalue weighted by Crippen LogP contribution is -2.48. The van der Waals surface area contributed by atoms with E-state index in [0.717, 1.165) is 0 Å². The highest BCUT2D eigenvalue weighted by molar-refractivity contribution is 5.89. The molecule has 0 aliphatic rings. The summed E-state index contributed by atoms with van der Waals surface area (Å²) < 4.78 is 4.72. The molecule has 3 heteroatoms. The molecule has 0 rings (SSSR count). The summed E-state index contributed by atoms with van der Waals surface area (Å²) in [6, 6.07) is 0. The Balaban J connectivity index is 4.12. The van der Waals surface area contributed by atoms with Gasteiger partial charge in [0.05, 0.1) is 5.54 Å². The number of rotatable bonds is 5. The van der Waals surface area contributed by atoms with Gasteiger partial charge in [0.2, 0.25) is 0 Å². The number of ether oxygens (including phenoxy) is 1. The lowest BCUT2D eigenvalue weighted by atomic mass is 9.90. The van der Waals surface area contributed by atoms with Crippen LogP contribution >= 0.6 is 0 Å². The van der Waals surface area contributed by atoms with E-state index in [1.807, 2.05) is 13.8 Å². The van der Waals surface area contributed by atoms with Crippen LogP contribution in [0.3, 0.4) is 0 Å². The highest BCUT2D eigenvalue weighted by Crippen LogP contribution is 2.12. The van der Waals surface area contributed by atoms with Gasteiger partial charge < -0.3 is 10.5 Å². The summed E-state index contributed by atoms with van der Waals surface area (Å²) in [7, 11) is 1.50. The predicted molar refractivity (Wildman–Crippen MR) is 44.4 cm³/mol. The second-order valence-corrected chi connectivity index (χ2v) is 2.72. The van der Waals surface area contributed by atoms with Gasteiger partial charge in [0.1, 0.15) is 6.61 Å². The minimum atomic E-state index is -0.671. The maximum absolute atomic E-state index is 11.3. The maximum Gasteiger partial charge on any atom is 0.178 e. The molecule has 0 aromatic rings. The van der Waals surface area contributed by atoms with Crippen molar-refractivity contribution in [2.45, 2.75) is 32.2 Å². The Kier molecular flexibility index (Phi) is 4.30. The van der Waals surface area contributed by atoms with E-state index in [9.17, 15) is 4.79 Å². The molecule has 66 valence electrons. The Morgan fingerprint density at radius 1 is 1.45 bits per heavy atom. The fraction of sp³-hybridized carbons (Fsp3) is 0.875. The molecule has 0 fully saturated rings. The molecule has 0 spiro atoms. The van der Waals surface area contributed by atoms with Crippen molar-refractivity contribution in [1.29, 1.82) is 0 Å². The van der Waals surface area contributed by atoms with E-state index in [-0.39, 0.29) is 12.4 Å². The first-order valence-electron chi connectivity index (χ1n) is 3.91. The van der Waals surface area contributed by atoms with Crippen molar-refractivity contribution in [3.63, 3.8) is 0 Å². The van der Waals surface area contributed by atoms with Crippen LogP contribution in [0.5, 0.6) is 0 Å². The number of carbonyl (C=O) groups is 1. The van der Waals surface area contributed by atoms with E-state index in [1.165, 1.54) is 7.11 Å². The number of hydrogen-bond donors (Lipinski definition) is 1. The van der Waals surface area contributed by atoms with Crippen LogP contribution in [0.4, 0.5) is 0 Å². The third-order valence-corrected chi connectivity index (χ3v) is 2.09. The van der Waals surface area contributed by atoms with Gasteiger partial charge in [0.25, 0.3) is 0 Å². The first-order valence-corrected chi connectivity index (χ1v) is 3.91. The molecule has 0 aliphatic heterocycles. The van der Waals surface area contributed by atoms with Crippen molar-refractivity contribution >= 4 is 5.78 Å². The summed E-state index contributed by atoms with van der Waals surface area (Å²) in [5, 5.41) is 0. The number of ketones is 1. The zero-order valence-corrected chi connectivity index (χ0v) is 7.52. The van der Waals surface area contributed by atoms with Crippen LogP contribution in [-0.2, 0) is 9.53 Å². The van der Waals surface area contributed by atoms with E-state index in [4.69, 9.17) is 10.5 Å². The van der Waals surface area contributed by atoms with Crippen molar-refractivity contribution in [1.82, 2.24) is 0 Å². The normalized spacial score (nSPS) is 11.6. The van der Waals surface area contributed by atoms with Crippen LogP contribution in [0.1, 0.15) is 26.7 Å². The van der Waals surface area contributed by atoms with Gasteiger partial charge in [-0.15, -0.1) is 0 Å². The molecular formula is C8H17NO2. The summed E-state index contributed by atoms with van der Waals surface area (Å²) in [6.07, 6.45) is 1.34.